The van der Waals surface area contributed by atoms with Gasteiger partial charge in [-0.05, 0) is 37.5 Å². The van der Waals surface area contributed by atoms with E-state index in [1.807, 2.05) is 32.0 Å². The Hall–Kier alpha value is -1.94. The van der Waals surface area contributed by atoms with Gasteiger partial charge in [0.1, 0.15) is 23.1 Å². The number of hydrogen-bond donors (Lipinski definition) is 1. The molecule has 2 N–H and O–H groups in total. The number of hydrogen-bond acceptors (Lipinski definition) is 2. The highest BCUT2D eigenvalue weighted by Gasteiger charge is 2.07. The third-order valence-corrected chi connectivity index (χ3v) is 2.87. The predicted octanol–water partition coefficient (Wildman–Crippen LogP) is 3.96. The second-order valence-corrected chi connectivity index (χ2v) is 4.99. The summed E-state index contributed by atoms with van der Waals surface area (Å²) in [5.41, 5.74) is 7.68. The second kappa shape index (κ2) is 6.01. The van der Waals surface area contributed by atoms with E-state index in [-0.39, 0.29) is 11.8 Å². The number of ether oxygens (including phenoxy) is 1. The highest BCUT2D eigenvalue weighted by Crippen LogP contribution is 2.27. The van der Waals surface area contributed by atoms with E-state index in [9.17, 15) is 8.78 Å². The number of rotatable bonds is 4. The van der Waals surface area contributed by atoms with Crippen LogP contribution in [0, 0.1) is 18.6 Å². The highest BCUT2D eigenvalue weighted by molar-refractivity contribution is 5.40. The van der Waals surface area contributed by atoms with Gasteiger partial charge in [0.25, 0.3) is 0 Å². The second-order valence-electron chi connectivity index (χ2n) is 4.99. The zero-order chi connectivity index (χ0) is 14.7. The van der Waals surface area contributed by atoms with Crippen LogP contribution < -0.4 is 10.5 Å². The molecule has 1 unspecified atom stereocenters. The zero-order valence-corrected chi connectivity index (χ0v) is 11.5. The quantitative estimate of drug-likeness (QED) is 0.918. The normalized spacial score (nSPS) is 12.2. The third-order valence-electron chi connectivity index (χ3n) is 2.87. The lowest BCUT2D eigenvalue weighted by Crippen LogP contribution is -2.17. The standard InChI is InChI=1S/C16H17F2NO/c1-10-3-4-12(5-11(2)19)6-16(10)20-15-8-13(17)7-14(18)9-15/h3-4,6-9,11H,5,19H2,1-2H3. The van der Waals surface area contributed by atoms with Gasteiger partial charge in [0.15, 0.2) is 0 Å². The Labute approximate surface area is 117 Å². The Morgan fingerprint density at radius 1 is 1.10 bits per heavy atom. The van der Waals surface area contributed by atoms with Crippen molar-refractivity contribution in [3.8, 4) is 11.5 Å². The van der Waals surface area contributed by atoms with E-state index >= 15 is 0 Å². The van der Waals surface area contributed by atoms with Crippen molar-refractivity contribution in [1.29, 1.82) is 0 Å². The van der Waals surface area contributed by atoms with Crippen LogP contribution in [0.2, 0.25) is 0 Å². The molecule has 0 aliphatic heterocycles. The minimum absolute atomic E-state index is 0.0390. The molecule has 0 bridgehead atoms. The molecule has 0 aliphatic carbocycles. The lowest BCUT2D eigenvalue weighted by Gasteiger charge is -2.12. The fraction of sp³-hybridized carbons (Fsp3) is 0.250. The zero-order valence-electron chi connectivity index (χ0n) is 11.5. The van der Waals surface area contributed by atoms with Crippen molar-refractivity contribution >= 4 is 0 Å². The molecule has 106 valence electrons. The molecule has 0 spiro atoms. The predicted molar refractivity (Wildman–Crippen MR) is 75.0 cm³/mol. The first-order valence-electron chi connectivity index (χ1n) is 6.43. The molecule has 0 heterocycles. The summed E-state index contributed by atoms with van der Waals surface area (Å²) in [4.78, 5) is 0. The summed E-state index contributed by atoms with van der Waals surface area (Å²) in [5.74, 6) is -0.606. The molecule has 2 aromatic carbocycles. The van der Waals surface area contributed by atoms with Crippen molar-refractivity contribution < 1.29 is 13.5 Å². The Balaban J connectivity index is 2.27. The van der Waals surface area contributed by atoms with E-state index in [1.54, 1.807) is 0 Å². The number of halogens is 2. The van der Waals surface area contributed by atoms with Gasteiger partial charge >= 0.3 is 0 Å². The Bertz CT molecular complexity index is 591. The first-order chi connectivity index (χ1) is 9.44. The lowest BCUT2D eigenvalue weighted by molar-refractivity contribution is 0.464. The van der Waals surface area contributed by atoms with Crippen LogP contribution >= 0.6 is 0 Å². The molecule has 0 aliphatic rings. The largest absolute Gasteiger partial charge is 0.457 e. The molecule has 20 heavy (non-hydrogen) atoms. The van der Waals surface area contributed by atoms with Crippen LogP contribution in [-0.2, 0) is 6.42 Å². The summed E-state index contributed by atoms with van der Waals surface area (Å²) >= 11 is 0. The van der Waals surface area contributed by atoms with Gasteiger partial charge in [0.05, 0.1) is 0 Å². The maximum atomic E-state index is 13.1. The third kappa shape index (κ3) is 3.78. The highest BCUT2D eigenvalue weighted by atomic mass is 19.1. The van der Waals surface area contributed by atoms with Crippen LogP contribution in [0.4, 0.5) is 8.78 Å². The molecule has 1 atom stereocenters. The summed E-state index contributed by atoms with van der Waals surface area (Å²) in [7, 11) is 0. The van der Waals surface area contributed by atoms with E-state index < -0.39 is 11.6 Å². The summed E-state index contributed by atoms with van der Waals surface area (Å²) < 4.78 is 31.9. The van der Waals surface area contributed by atoms with Crippen LogP contribution in [0.25, 0.3) is 0 Å². The van der Waals surface area contributed by atoms with Gasteiger partial charge in [-0.25, -0.2) is 8.78 Å². The monoisotopic (exact) mass is 277 g/mol. The molecule has 0 saturated carbocycles. The topological polar surface area (TPSA) is 35.2 Å². The maximum Gasteiger partial charge on any atom is 0.133 e. The van der Waals surface area contributed by atoms with Crippen LogP contribution in [0.15, 0.2) is 36.4 Å². The molecule has 0 radical (unpaired) electrons. The first kappa shape index (κ1) is 14.5. The van der Waals surface area contributed by atoms with Gasteiger partial charge in [0, 0.05) is 24.2 Å². The van der Waals surface area contributed by atoms with Gasteiger partial charge in [-0.1, -0.05) is 12.1 Å². The van der Waals surface area contributed by atoms with Crippen LogP contribution in [0.1, 0.15) is 18.1 Å². The van der Waals surface area contributed by atoms with Gasteiger partial charge in [0.2, 0.25) is 0 Å². The molecule has 0 saturated heterocycles. The molecule has 2 aromatic rings. The maximum absolute atomic E-state index is 13.1. The fourth-order valence-corrected chi connectivity index (χ4v) is 1.97. The van der Waals surface area contributed by atoms with Crippen LogP contribution in [-0.4, -0.2) is 6.04 Å². The molecule has 2 nitrogen and oxygen atoms in total. The van der Waals surface area contributed by atoms with E-state index in [0.29, 0.717) is 12.2 Å². The molecule has 0 amide bonds. The van der Waals surface area contributed by atoms with Crippen molar-refractivity contribution in [3.05, 3.63) is 59.2 Å². The van der Waals surface area contributed by atoms with Gasteiger partial charge in [-0.15, -0.1) is 0 Å². The molecular formula is C16H17F2NO. The van der Waals surface area contributed by atoms with Crippen molar-refractivity contribution in [3.63, 3.8) is 0 Å². The number of benzene rings is 2. The van der Waals surface area contributed by atoms with Gasteiger partial charge < -0.3 is 10.5 Å². The minimum Gasteiger partial charge on any atom is -0.457 e. The summed E-state index contributed by atoms with van der Waals surface area (Å²) in [6.45, 7) is 3.79. The fourth-order valence-electron chi connectivity index (χ4n) is 1.97. The van der Waals surface area contributed by atoms with Gasteiger partial charge in [-0.3, -0.25) is 0 Å². The molecule has 2 rings (SSSR count). The van der Waals surface area contributed by atoms with E-state index in [2.05, 4.69) is 0 Å². The Morgan fingerprint density at radius 2 is 1.75 bits per heavy atom. The van der Waals surface area contributed by atoms with Gasteiger partial charge in [-0.2, -0.15) is 0 Å². The first-order valence-corrected chi connectivity index (χ1v) is 6.43. The number of aryl methyl sites for hydroxylation is 1. The average Bonchev–Trinajstić information content (AvgIpc) is 2.31. The molecule has 4 heteroatoms. The smallest absolute Gasteiger partial charge is 0.133 e. The van der Waals surface area contributed by atoms with Crippen LogP contribution in [0.5, 0.6) is 11.5 Å². The molecular weight excluding hydrogens is 260 g/mol. The Kier molecular flexibility index (Phi) is 4.35. The number of nitrogens with two attached hydrogens (primary N) is 1. The van der Waals surface area contributed by atoms with E-state index in [4.69, 9.17) is 10.5 Å². The van der Waals surface area contributed by atoms with Crippen molar-refractivity contribution in [2.75, 3.05) is 0 Å². The Morgan fingerprint density at radius 3 is 2.35 bits per heavy atom. The van der Waals surface area contributed by atoms with Crippen molar-refractivity contribution in [2.45, 2.75) is 26.3 Å². The lowest BCUT2D eigenvalue weighted by atomic mass is 10.1. The van der Waals surface area contributed by atoms with E-state index in [1.165, 1.54) is 0 Å². The molecule has 0 aromatic heterocycles. The van der Waals surface area contributed by atoms with Crippen molar-refractivity contribution in [2.24, 2.45) is 5.73 Å². The summed E-state index contributed by atoms with van der Waals surface area (Å²) in [6, 6.07) is 8.88. The minimum atomic E-state index is -0.663. The van der Waals surface area contributed by atoms with Crippen molar-refractivity contribution in [1.82, 2.24) is 0 Å². The molecule has 0 fully saturated rings. The van der Waals surface area contributed by atoms with E-state index in [0.717, 1.165) is 29.3 Å². The summed E-state index contributed by atoms with van der Waals surface area (Å²) in [5, 5.41) is 0. The average molecular weight is 277 g/mol. The van der Waals surface area contributed by atoms with Crippen LogP contribution in [0.3, 0.4) is 0 Å². The summed E-state index contributed by atoms with van der Waals surface area (Å²) in [6.07, 6.45) is 0.716. The SMILES string of the molecule is Cc1ccc(CC(C)N)cc1Oc1cc(F)cc(F)c1.